The van der Waals surface area contributed by atoms with Crippen LogP contribution in [0.2, 0.25) is 0 Å². The van der Waals surface area contributed by atoms with Crippen molar-refractivity contribution < 1.29 is 0 Å². The number of benzene rings is 1. The number of imidazole rings is 1. The molecular weight excluding hydrogens is 210 g/mol. The molecule has 0 radical (unpaired) electrons. The Hall–Kier alpha value is -1.51. The van der Waals surface area contributed by atoms with Crippen molar-refractivity contribution in [2.75, 3.05) is 5.32 Å². The fraction of sp³-hybridized carbons (Fsp3) is 0.500. The van der Waals surface area contributed by atoms with Gasteiger partial charge in [-0.05, 0) is 45.7 Å². The zero-order valence-electron chi connectivity index (χ0n) is 10.7. The zero-order chi connectivity index (χ0) is 12.0. The molecule has 1 unspecified atom stereocenters. The van der Waals surface area contributed by atoms with Gasteiger partial charge in [-0.2, -0.15) is 0 Å². The predicted molar refractivity (Wildman–Crippen MR) is 71.5 cm³/mol. The SMILES string of the molecule is CCn1c(C)nc2c3c(ccc21)NC(C)CC3. The molecule has 1 aromatic heterocycles. The number of aromatic nitrogens is 2. The number of aryl methyl sites for hydroxylation is 3. The van der Waals surface area contributed by atoms with Crippen molar-refractivity contribution in [3.63, 3.8) is 0 Å². The van der Waals surface area contributed by atoms with Gasteiger partial charge in [0.1, 0.15) is 5.82 Å². The lowest BCUT2D eigenvalue weighted by atomic mass is 9.98. The number of hydrogen-bond acceptors (Lipinski definition) is 2. The third-order valence-electron chi connectivity index (χ3n) is 3.76. The molecular formula is C14H19N3. The van der Waals surface area contributed by atoms with Crippen molar-refractivity contribution in [2.45, 2.75) is 46.2 Å². The summed E-state index contributed by atoms with van der Waals surface area (Å²) in [7, 11) is 0. The lowest BCUT2D eigenvalue weighted by Crippen LogP contribution is -2.22. The predicted octanol–water partition coefficient (Wildman–Crippen LogP) is 3.11. The van der Waals surface area contributed by atoms with Crippen molar-refractivity contribution in [1.82, 2.24) is 9.55 Å². The lowest BCUT2D eigenvalue weighted by molar-refractivity contribution is 0.683. The number of nitrogens with zero attached hydrogens (tertiary/aromatic N) is 2. The van der Waals surface area contributed by atoms with Crippen molar-refractivity contribution in [3.8, 4) is 0 Å². The van der Waals surface area contributed by atoms with E-state index in [-0.39, 0.29) is 0 Å². The van der Waals surface area contributed by atoms with Crippen molar-refractivity contribution in [3.05, 3.63) is 23.5 Å². The summed E-state index contributed by atoms with van der Waals surface area (Å²) >= 11 is 0. The fourth-order valence-corrected chi connectivity index (χ4v) is 2.85. The van der Waals surface area contributed by atoms with Gasteiger partial charge in [0.2, 0.25) is 0 Å². The molecule has 0 bridgehead atoms. The van der Waals surface area contributed by atoms with Crippen LogP contribution in [0.3, 0.4) is 0 Å². The second-order valence-corrected chi connectivity index (χ2v) is 4.95. The first-order valence-electron chi connectivity index (χ1n) is 6.46. The summed E-state index contributed by atoms with van der Waals surface area (Å²) in [6.45, 7) is 7.50. The van der Waals surface area contributed by atoms with Crippen LogP contribution in [0.4, 0.5) is 5.69 Å². The average Bonchev–Trinajstić information content (AvgIpc) is 2.64. The molecule has 17 heavy (non-hydrogen) atoms. The molecule has 3 heteroatoms. The standard InChI is InChI=1S/C14H19N3/c1-4-17-10(3)16-14-11-6-5-9(2)15-12(11)7-8-13(14)17/h7-9,15H,4-6H2,1-3H3. The maximum atomic E-state index is 4.75. The number of anilines is 1. The van der Waals surface area contributed by atoms with Gasteiger partial charge < -0.3 is 9.88 Å². The maximum Gasteiger partial charge on any atom is 0.106 e. The molecule has 0 fully saturated rings. The van der Waals surface area contributed by atoms with Gasteiger partial charge in [0.15, 0.2) is 0 Å². The first-order valence-corrected chi connectivity index (χ1v) is 6.46. The highest BCUT2D eigenvalue weighted by atomic mass is 15.1. The molecule has 0 aliphatic carbocycles. The maximum absolute atomic E-state index is 4.75. The Morgan fingerprint density at radius 2 is 2.29 bits per heavy atom. The first kappa shape index (κ1) is 10.6. The summed E-state index contributed by atoms with van der Waals surface area (Å²) in [6, 6.07) is 4.98. The number of rotatable bonds is 1. The largest absolute Gasteiger partial charge is 0.382 e. The summed E-state index contributed by atoms with van der Waals surface area (Å²) in [6.07, 6.45) is 2.34. The van der Waals surface area contributed by atoms with Gasteiger partial charge in [-0.25, -0.2) is 4.98 Å². The van der Waals surface area contributed by atoms with E-state index in [2.05, 4.69) is 42.8 Å². The van der Waals surface area contributed by atoms with Crippen molar-refractivity contribution in [2.24, 2.45) is 0 Å². The van der Waals surface area contributed by atoms with Crippen LogP contribution in [0.1, 0.15) is 31.7 Å². The minimum atomic E-state index is 0.578. The smallest absolute Gasteiger partial charge is 0.106 e. The van der Waals surface area contributed by atoms with E-state index in [0.717, 1.165) is 18.8 Å². The zero-order valence-corrected chi connectivity index (χ0v) is 10.7. The molecule has 1 aromatic carbocycles. The van der Waals surface area contributed by atoms with Gasteiger partial charge in [-0.3, -0.25) is 0 Å². The Morgan fingerprint density at radius 3 is 3.06 bits per heavy atom. The molecule has 1 N–H and O–H groups in total. The Labute approximate surface area is 102 Å². The molecule has 0 saturated carbocycles. The number of fused-ring (bicyclic) bond motifs is 3. The fourth-order valence-electron chi connectivity index (χ4n) is 2.85. The van der Waals surface area contributed by atoms with Crippen LogP contribution in [0.25, 0.3) is 11.0 Å². The molecule has 1 aliphatic rings. The lowest BCUT2D eigenvalue weighted by Gasteiger charge is -2.24. The van der Waals surface area contributed by atoms with Crippen LogP contribution in [-0.4, -0.2) is 15.6 Å². The van der Waals surface area contributed by atoms with E-state index in [1.807, 2.05) is 0 Å². The second kappa shape index (κ2) is 3.76. The molecule has 2 aromatic rings. The van der Waals surface area contributed by atoms with E-state index < -0.39 is 0 Å². The van der Waals surface area contributed by atoms with E-state index in [1.165, 1.54) is 28.7 Å². The van der Waals surface area contributed by atoms with E-state index in [4.69, 9.17) is 4.98 Å². The van der Waals surface area contributed by atoms with E-state index in [9.17, 15) is 0 Å². The number of hydrogen-bond donors (Lipinski definition) is 1. The van der Waals surface area contributed by atoms with Gasteiger partial charge in [-0.1, -0.05) is 0 Å². The van der Waals surface area contributed by atoms with Crippen LogP contribution in [0.15, 0.2) is 12.1 Å². The van der Waals surface area contributed by atoms with Gasteiger partial charge in [0.25, 0.3) is 0 Å². The summed E-state index contributed by atoms with van der Waals surface area (Å²) < 4.78 is 2.29. The topological polar surface area (TPSA) is 29.9 Å². The summed E-state index contributed by atoms with van der Waals surface area (Å²) in [5.74, 6) is 1.12. The van der Waals surface area contributed by atoms with Crippen LogP contribution < -0.4 is 5.32 Å². The van der Waals surface area contributed by atoms with Crippen molar-refractivity contribution in [1.29, 1.82) is 0 Å². The van der Waals surface area contributed by atoms with E-state index in [0.29, 0.717) is 6.04 Å². The summed E-state index contributed by atoms with van der Waals surface area (Å²) in [5, 5.41) is 3.55. The monoisotopic (exact) mass is 229 g/mol. The molecule has 3 nitrogen and oxygen atoms in total. The van der Waals surface area contributed by atoms with Crippen LogP contribution in [0.5, 0.6) is 0 Å². The highest BCUT2D eigenvalue weighted by Gasteiger charge is 2.19. The third kappa shape index (κ3) is 1.53. The molecule has 90 valence electrons. The molecule has 1 aliphatic heterocycles. The van der Waals surface area contributed by atoms with Gasteiger partial charge >= 0.3 is 0 Å². The summed E-state index contributed by atoms with van der Waals surface area (Å²) in [4.78, 5) is 4.75. The minimum absolute atomic E-state index is 0.578. The van der Waals surface area contributed by atoms with Crippen LogP contribution >= 0.6 is 0 Å². The van der Waals surface area contributed by atoms with Crippen LogP contribution in [0, 0.1) is 6.92 Å². The molecule has 3 rings (SSSR count). The van der Waals surface area contributed by atoms with Crippen molar-refractivity contribution >= 4 is 16.7 Å². The quantitative estimate of drug-likeness (QED) is 0.814. The Balaban J connectivity index is 2.25. The molecule has 2 heterocycles. The van der Waals surface area contributed by atoms with E-state index in [1.54, 1.807) is 0 Å². The first-order chi connectivity index (χ1) is 8.20. The normalized spacial score (nSPS) is 19.1. The van der Waals surface area contributed by atoms with Gasteiger partial charge in [-0.15, -0.1) is 0 Å². The summed E-state index contributed by atoms with van der Waals surface area (Å²) in [5.41, 5.74) is 5.15. The Bertz CT molecular complexity index is 568. The minimum Gasteiger partial charge on any atom is -0.382 e. The third-order valence-corrected chi connectivity index (χ3v) is 3.76. The molecule has 0 amide bonds. The van der Waals surface area contributed by atoms with Gasteiger partial charge in [0.05, 0.1) is 11.0 Å². The Kier molecular flexibility index (Phi) is 2.35. The molecule has 1 atom stereocenters. The van der Waals surface area contributed by atoms with E-state index >= 15 is 0 Å². The number of nitrogens with one attached hydrogen (secondary N) is 1. The second-order valence-electron chi connectivity index (χ2n) is 4.95. The van der Waals surface area contributed by atoms with Crippen LogP contribution in [-0.2, 0) is 13.0 Å². The average molecular weight is 229 g/mol. The molecule has 0 spiro atoms. The highest BCUT2D eigenvalue weighted by molar-refractivity contribution is 5.85. The van der Waals surface area contributed by atoms with Gasteiger partial charge in [0, 0.05) is 23.8 Å². The Morgan fingerprint density at radius 1 is 1.47 bits per heavy atom. The molecule has 0 saturated heterocycles. The highest BCUT2D eigenvalue weighted by Crippen LogP contribution is 2.31.